The fourth-order valence-electron chi connectivity index (χ4n) is 4.41. The van der Waals surface area contributed by atoms with E-state index in [0.29, 0.717) is 41.6 Å². The normalized spacial score (nSPS) is 12.3. The quantitative estimate of drug-likeness (QED) is 0.167. The highest BCUT2D eigenvalue weighted by molar-refractivity contribution is 5.84. The maximum Gasteiger partial charge on any atom is 0.407 e. The van der Waals surface area contributed by atoms with Crippen molar-refractivity contribution in [2.45, 2.75) is 44.4 Å². The molecule has 2 N–H and O–H groups in total. The van der Waals surface area contributed by atoms with Crippen molar-refractivity contribution in [3.8, 4) is 17.3 Å². The Morgan fingerprint density at radius 2 is 1.72 bits per heavy atom. The molecule has 0 aliphatic rings. The van der Waals surface area contributed by atoms with E-state index >= 15 is 0 Å². The van der Waals surface area contributed by atoms with Crippen LogP contribution >= 0.6 is 0 Å². The zero-order valence-electron chi connectivity index (χ0n) is 20.8. The molecule has 0 saturated carbocycles. The summed E-state index contributed by atoms with van der Waals surface area (Å²) in [4.78, 5) is 15.7. The Balaban J connectivity index is 1.61. The molecule has 9 heteroatoms. The van der Waals surface area contributed by atoms with Crippen LogP contribution in [-0.4, -0.2) is 22.2 Å². The van der Waals surface area contributed by atoms with E-state index in [4.69, 9.17) is 15.4 Å². The molecule has 0 radical (unpaired) electrons. The molecule has 4 rings (SSSR count). The van der Waals surface area contributed by atoms with Crippen molar-refractivity contribution in [2.75, 3.05) is 0 Å². The van der Waals surface area contributed by atoms with Crippen LogP contribution in [0.25, 0.3) is 22.2 Å². The van der Waals surface area contributed by atoms with Crippen molar-refractivity contribution in [1.82, 2.24) is 10.3 Å². The molecule has 5 nitrogen and oxygen atoms in total. The number of carbonyl (C=O) groups is 1. The van der Waals surface area contributed by atoms with Gasteiger partial charge in [0.2, 0.25) is 0 Å². The van der Waals surface area contributed by atoms with E-state index in [2.05, 4.69) is 5.32 Å². The molecule has 4 aromatic rings. The summed E-state index contributed by atoms with van der Waals surface area (Å²) in [7, 11) is 0. The second-order valence-electron chi connectivity index (χ2n) is 9.22. The maximum absolute atomic E-state index is 13.8. The molecule has 200 valence electrons. The van der Waals surface area contributed by atoms with E-state index < -0.39 is 18.2 Å². The number of halogens is 4. The number of aryl methyl sites for hydroxylation is 1. The predicted molar refractivity (Wildman–Crippen MR) is 139 cm³/mol. The third kappa shape index (κ3) is 7.18. The lowest BCUT2D eigenvalue weighted by atomic mass is 9.98. The minimum absolute atomic E-state index is 0.0107. The van der Waals surface area contributed by atoms with Gasteiger partial charge in [0.15, 0.2) is 0 Å². The number of fused-ring (bicyclic) bond motifs is 1. The van der Waals surface area contributed by atoms with Gasteiger partial charge in [0, 0.05) is 23.9 Å². The van der Waals surface area contributed by atoms with E-state index in [1.165, 1.54) is 36.4 Å². The first-order valence-corrected chi connectivity index (χ1v) is 12.3. The Kier molecular flexibility index (Phi) is 8.57. The number of aromatic nitrogens is 1. The Hall–Kier alpha value is -4.29. The Labute approximate surface area is 222 Å². The van der Waals surface area contributed by atoms with Crippen LogP contribution < -0.4 is 5.32 Å². The smallest absolute Gasteiger partial charge is 0.407 e. The number of hydrogen-bond acceptors (Lipinski definition) is 4. The average molecular weight is 536 g/mol. The van der Waals surface area contributed by atoms with Gasteiger partial charge in [0.05, 0.1) is 22.8 Å². The summed E-state index contributed by atoms with van der Waals surface area (Å²) in [5, 5.41) is 21.2. The fourth-order valence-corrected chi connectivity index (χ4v) is 4.41. The second-order valence-corrected chi connectivity index (χ2v) is 9.22. The second kappa shape index (κ2) is 12.0. The lowest BCUT2D eigenvalue weighted by Gasteiger charge is -2.22. The molecule has 0 aliphatic carbocycles. The van der Waals surface area contributed by atoms with Gasteiger partial charge in [-0.25, -0.2) is 9.37 Å². The molecular formula is C30H25F4N3O2. The van der Waals surface area contributed by atoms with Gasteiger partial charge in [-0.05, 0) is 90.6 Å². The first-order chi connectivity index (χ1) is 18.6. The molecule has 0 saturated heterocycles. The number of benzene rings is 3. The zero-order chi connectivity index (χ0) is 28.0. The molecule has 1 atom stereocenters. The van der Waals surface area contributed by atoms with Crippen molar-refractivity contribution < 1.29 is 27.5 Å². The largest absolute Gasteiger partial charge is 0.481 e. The number of carboxylic acids is 1. The summed E-state index contributed by atoms with van der Waals surface area (Å²) in [6.07, 6.45) is -2.87. The monoisotopic (exact) mass is 535 g/mol. The number of nitrogens with zero attached hydrogens (tertiary/aromatic N) is 2. The average Bonchev–Trinajstić information content (AvgIpc) is 2.90. The van der Waals surface area contributed by atoms with Crippen molar-refractivity contribution in [1.29, 1.82) is 5.26 Å². The summed E-state index contributed by atoms with van der Waals surface area (Å²) in [6.45, 7) is -0.0617. The van der Waals surface area contributed by atoms with Gasteiger partial charge in [0.1, 0.15) is 11.9 Å². The number of pyridine rings is 1. The number of nitriles is 1. The molecule has 0 fully saturated rings. The van der Waals surface area contributed by atoms with Crippen LogP contribution in [0.2, 0.25) is 0 Å². The summed E-state index contributed by atoms with van der Waals surface area (Å²) >= 11 is 0. The van der Waals surface area contributed by atoms with Crippen molar-refractivity contribution in [2.24, 2.45) is 0 Å². The molecule has 1 aromatic heterocycles. The lowest BCUT2D eigenvalue weighted by molar-refractivity contribution is -0.158. The topological polar surface area (TPSA) is 86.0 Å². The van der Waals surface area contributed by atoms with Crippen LogP contribution in [0.4, 0.5) is 17.6 Å². The molecule has 0 aliphatic heterocycles. The van der Waals surface area contributed by atoms with Gasteiger partial charge in [-0.1, -0.05) is 18.2 Å². The molecule has 0 amide bonds. The Bertz CT molecular complexity index is 1490. The number of rotatable bonds is 10. The van der Waals surface area contributed by atoms with Crippen LogP contribution in [0, 0.1) is 17.1 Å². The zero-order valence-corrected chi connectivity index (χ0v) is 20.8. The van der Waals surface area contributed by atoms with Crippen LogP contribution in [-0.2, 0) is 17.8 Å². The van der Waals surface area contributed by atoms with Crippen LogP contribution in [0.1, 0.15) is 47.6 Å². The van der Waals surface area contributed by atoms with Gasteiger partial charge < -0.3 is 5.11 Å². The van der Waals surface area contributed by atoms with E-state index in [0.717, 1.165) is 10.9 Å². The SMILES string of the molecule is N#Cc1ccc([C@H](NCc2ccc3nc(-c4ccc(F)cc4)c(CCCCC(=O)O)cc3c2)C(F)(F)F)cc1. The summed E-state index contributed by atoms with van der Waals surface area (Å²) < 4.78 is 55.0. The van der Waals surface area contributed by atoms with Gasteiger partial charge in [0.25, 0.3) is 0 Å². The van der Waals surface area contributed by atoms with E-state index in [1.54, 1.807) is 30.3 Å². The van der Waals surface area contributed by atoms with Gasteiger partial charge in [-0.3, -0.25) is 10.1 Å². The Morgan fingerprint density at radius 1 is 1.00 bits per heavy atom. The molecule has 3 aromatic carbocycles. The van der Waals surface area contributed by atoms with Crippen LogP contribution in [0.3, 0.4) is 0 Å². The highest BCUT2D eigenvalue weighted by atomic mass is 19.4. The highest BCUT2D eigenvalue weighted by Gasteiger charge is 2.40. The van der Waals surface area contributed by atoms with Gasteiger partial charge >= 0.3 is 12.1 Å². The van der Waals surface area contributed by atoms with Crippen molar-refractivity contribution >= 4 is 16.9 Å². The summed E-state index contributed by atoms with van der Waals surface area (Å²) in [6, 6.07) is 18.3. The fraction of sp³-hybridized carbons (Fsp3) is 0.233. The standard InChI is InChI=1S/C30H25F4N3O2/c31-25-12-10-21(11-13-25)28-23(3-1-2-4-27(38)39)16-24-15-20(7-14-26(24)37-28)18-36-29(30(32,33)34)22-8-5-19(17-35)6-9-22/h5-16,29,36H,1-4,18H2,(H,38,39)/t29-/m0/s1. The number of carboxylic acid groups (broad SMARTS) is 1. The number of aliphatic carboxylic acids is 1. The molecule has 39 heavy (non-hydrogen) atoms. The first-order valence-electron chi connectivity index (χ1n) is 12.3. The minimum Gasteiger partial charge on any atom is -0.481 e. The van der Waals surface area contributed by atoms with Crippen molar-refractivity contribution in [3.05, 3.63) is 101 Å². The number of hydrogen-bond donors (Lipinski definition) is 2. The minimum atomic E-state index is -4.54. The molecule has 1 heterocycles. The number of nitrogens with one attached hydrogen (secondary N) is 1. The third-order valence-electron chi connectivity index (χ3n) is 6.37. The molecule has 0 spiro atoms. The number of unbranched alkanes of at least 4 members (excludes halogenated alkanes) is 1. The van der Waals surface area contributed by atoms with Gasteiger partial charge in [-0.15, -0.1) is 0 Å². The number of alkyl halides is 3. The van der Waals surface area contributed by atoms with Crippen LogP contribution in [0.5, 0.6) is 0 Å². The predicted octanol–water partition coefficient (Wildman–Crippen LogP) is 7.10. The molecule has 0 unspecified atom stereocenters. The maximum atomic E-state index is 13.8. The van der Waals surface area contributed by atoms with Crippen LogP contribution in [0.15, 0.2) is 72.8 Å². The lowest BCUT2D eigenvalue weighted by Crippen LogP contribution is -2.33. The summed E-state index contributed by atoms with van der Waals surface area (Å²) in [5.41, 5.74) is 3.76. The first kappa shape index (κ1) is 27.7. The summed E-state index contributed by atoms with van der Waals surface area (Å²) in [5.74, 6) is -1.25. The van der Waals surface area contributed by atoms with E-state index in [-0.39, 0.29) is 29.9 Å². The third-order valence-corrected chi connectivity index (χ3v) is 6.37. The molecular weight excluding hydrogens is 510 g/mol. The van der Waals surface area contributed by atoms with E-state index in [1.807, 2.05) is 12.1 Å². The Morgan fingerprint density at radius 3 is 2.36 bits per heavy atom. The van der Waals surface area contributed by atoms with Gasteiger partial charge in [-0.2, -0.15) is 18.4 Å². The van der Waals surface area contributed by atoms with E-state index in [9.17, 15) is 22.4 Å². The molecule has 0 bridgehead atoms. The van der Waals surface area contributed by atoms with Crippen molar-refractivity contribution in [3.63, 3.8) is 0 Å². The highest BCUT2D eigenvalue weighted by Crippen LogP contribution is 2.33.